The van der Waals surface area contributed by atoms with Gasteiger partial charge >= 0.3 is 0 Å². The average molecular weight is 311 g/mol. The smallest absolute Gasteiger partial charge is 0.260 e. The number of ether oxygens (including phenoxy) is 1. The molecule has 4 heteroatoms. The van der Waals surface area contributed by atoms with Gasteiger partial charge in [-0.1, -0.05) is 31.2 Å². The van der Waals surface area contributed by atoms with Crippen LogP contribution in [0.1, 0.15) is 28.4 Å². The summed E-state index contributed by atoms with van der Waals surface area (Å²) in [6.07, 6.45) is 1.78. The van der Waals surface area contributed by atoms with Crippen molar-refractivity contribution in [3.63, 3.8) is 0 Å². The van der Waals surface area contributed by atoms with Crippen LogP contribution in [0.4, 0.5) is 0 Å². The van der Waals surface area contributed by atoms with Gasteiger partial charge in [0.25, 0.3) is 5.91 Å². The molecule has 0 saturated heterocycles. The van der Waals surface area contributed by atoms with Gasteiger partial charge in [0.2, 0.25) is 0 Å². The topological polar surface area (TPSA) is 46.6 Å². The van der Waals surface area contributed by atoms with Crippen molar-refractivity contribution >= 4 is 12.2 Å². The molecule has 4 nitrogen and oxygen atoms in total. The van der Waals surface area contributed by atoms with Crippen molar-refractivity contribution in [1.29, 1.82) is 0 Å². The maximum absolute atomic E-state index is 12.1. The summed E-state index contributed by atoms with van der Waals surface area (Å²) in [5, 5.41) is 0. The summed E-state index contributed by atoms with van der Waals surface area (Å²) in [5.41, 5.74) is 2.95. The van der Waals surface area contributed by atoms with Crippen LogP contribution >= 0.6 is 0 Å². The van der Waals surface area contributed by atoms with E-state index in [9.17, 15) is 9.59 Å². The van der Waals surface area contributed by atoms with E-state index in [1.165, 1.54) is 5.56 Å². The predicted molar refractivity (Wildman–Crippen MR) is 89.6 cm³/mol. The molecule has 0 radical (unpaired) electrons. The third-order valence-corrected chi connectivity index (χ3v) is 3.66. The van der Waals surface area contributed by atoms with Gasteiger partial charge in [-0.3, -0.25) is 9.59 Å². The lowest BCUT2D eigenvalue weighted by atomic mass is 10.1. The van der Waals surface area contributed by atoms with Crippen LogP contribution in [0.2, 0.25) is 0 Å². The van der Waals surface area contributed by atoms with Gasteiger partial charge in [-0.05, 0) is 41.8 Å². The molecule has 0 spiro atoms. The van der Waals surface area contributed by atoms with Gasteiger partial charge in [0.15, 0.2) is 6.61 Å². The van der Waals surface area contributed by atoms with Crippen LogP contribution < -0.4 is 4.74 Å². The van der Waals surface area contributed by atoms with E-state index in [0.29, 0.717) is 17.9 Å². The Labute approximate surface area is 136 Å². The van der Waals surface area contributed by atoms with Crippen LogP contribution in [0.5, 0.6) is 5.75 Å². The monoisotopic (exact) mass is 311 g/mol. The molecule has 120 valence electrons. The first-order valence-electron chi connectivity index (χ1n) is 7.62. The highest BCUT2D eigenvalue weighted by Gasteiger charge is 2.10. The van der Waals surface area contributed by atoms with Crippen molar-refractivity contribution in [3.8, 4) is 5.75 Å². The summed E-state index contributed by atoms with van der Waals surface area (Å²) >= 11 is 0. The molecule has 0 heterocycles. The molecule has 0 aromatic heterocycles. The van der Waals surface area contributed by atoms with E-state index in [1.807, 2.05) is 12.1 Å². The number of nitrogens with zero attached hydrogens (tertiary/aromatic N) is 1. The van der Waals surface area contributed by atoms with Gasteiger partial charge in [0.05, 0.1) is 0 Å². The highest BCUT2D eigenvalue weighted by molar-refractivity contribution is 5.77. The summed E-state index contributed by atoms with van der Waals surface area (Å²) in [5.74, 6) is 0.480. The second-order valence-corrected chi connectivity index (χ2v) is 5.40. The summed E-state index contributed by atoms with van der Waals surface area (Å²) < 4.78 is 5.46. The molecule has 0 saturated carbocycles. The second-order valence-electron chi connectivity index (χ2n) is 5.40. The molecular weight excluding hydrogens is 290 g/mol. The molecule has 0 aliphatic carbocycles. The molecule has 23 heavy (non-hydrogen) atoms. The standard InChI is InChI=1S/C19H21NO3/c1-3-15-4-6-16(7-5-15)12-20(2)19(22)14-23-18-10-8-17(13-21)9-11-18/h4-11,13H,3,12,14H2,1-2H3. The molecule has 2 aromatic carbocycles. The Morgan fingerprint density at radius 2 is 1.65 bits per heavy atom. The molecule has 1 amide bonds. The quantitative estimate of drug-likeness (QED) is 0.738. The molecule has 0 unspecified atom stereocenters. The molecule has 2 aromatic rings. The highest BCUT2D eigenvalue weighted by atomic mass is 16.5. The van der Waals surface area contributed by atoms with Crippen molar-refractivity contribution < 1.29 is 14.3 Å². The van der Waals surface area contributed by atoms with E-state index in [0.717, 1.165) is 18.3 Å². The van der Waals surface area contributed by atoms with Crippen LogP contribution in [0.25, 0.3) is 0 Å². The van der Waals surface area contributed by atoms with E-state index < -0.39 is 0 Å². The molecule has 0 aliphatic heterocycles. The Morgan fingerprint density at radius 3 is 2.22 bits per heavy atom. The number of aryl methyl sites for hydroxylation is 1. The van der Waals surface area contributed by atoms with E-state index in [4.69, 9.17) is 4.74 Å². The van der Waals surface area contributed by atoms with Gasteiger partial charge in [0.1, 0.15) is 12.0 Å². The van der Waals surface area contributed by atoms with E-state index in [2.05, 4.69) is 19.1 Å². The third kappa shape index (κ3) is 4.95. The highest BCUT2D eigenvalue weighted by Crippen LogP contribution is 2.12. The normalized spacial score (nSPS) is 10.2. The molecule has 0 bridgehead atoms. The fourth-order valence-electron chi connectivity index (χ4n) is 2.14. The lowest BCUT2D eigenvalue weighted by Crippen LogP contribution is -2.30. The van der Waals surface area contributed by atoms with Crippen LogP contribution in [0.15, 0.2) is 48.5 Å². The summed E-state index contributed by atoms with van der Waals surface area (Å²) in [4.78, 5) is 24.3. The first-order chi connectivity index (χ1) is 11.1. The maximum Gasteiger partial charge on any atom is 0.260 e. The van der Waals surface area contributed by atoms with E-state index in [1.54, 1.807) is 36.2 Å². The Bertz CT molecular complexity index is 647. The molecular formula is C19H21NO3. The average Bonchev–Trinajstić information content (AvgIpc) is 2.60. The number of aldehydes is 1. The Balaban J connectivity index is 1.84. The van der Waals surface area contributed by atoms with Crippen LogP contribution in [0.3, 0.4) is 0 Å². The fraction of sp³-hybridized carbons (Fsp3) is 0.263. The SMILES string of the molecule is CCc1ccc(CN(C)C(=O)COc2ccc(C=O)cc2)cc1. The van der Waals surface area contributed by atoms with Crippen molar-refractivity contribution in [3.05, 3.63) is 65.2 Å². The predicted octanol–water partition coefficient (Wildman–Crippen LogP) is 3.10. The number of carbonyl (C=O) groups is 2. The van der Waals surface area contributed by atoms with Crippen molar-refractivity contribution in [1.82, 2.24) is 4.90 Å². The minimum atomic E-state index is -0.0935. The molecule has 0 aliphatic rings. The zero-order chi connectivity index (χ0) is 16.7. The number of amides is 1. The minimum absolute atomic E-state index is 0.0238. The number of hydrogen-bond donors (Lipinski definition) is 0. The minimum Gasteiger partial charge on any atom is -0.484 e. The number of benzene rings is 2. The Morgan fingerprint density at radius 1 is 1.04 bits per heavy atom. The number of carbonyl (C=O) groups excluding carboxylic acids is 2. The summed E-state index contributed by atoms with van der Waals surface area (Å²) in [6, 6.07) is 14.9. The molecule has 0 fully saturated rings. The van der Waals surface area contributed by atoms with Crippen LogP contribution in [0, 0.1) is 0 Å². The van der Waals surface area contributed by atoms with Crippen molar-refractivity contribution in [2.45, 2.75) is 19.9 Å². The van der Waals surface area contributed by atoms with Crippen LogP contribution in [-0.2, 0) is 17.8 Å². The molecule has 0 N–H and O–H groups in total. The lowest BCUT2D eigenvalue weighted by molar-refractivity contribution is -0.132. The van der Waals surface area contributed by atoms with Gasteiger partial charge in [0, 0.05) is 19.2 Å². The summed E-state index contributed by atoms with van der Waals surface area (Å²) in [6.45, 7) is 2.64. The number of hydrogen-bond acceptors (Lipinski definition) is 3. The lowest BCUT2D eigenvalue weighted by Gasteiger charge is -2.18. The first kappa shape index (κ1) is 16.7. The van der Waals surface area contributed by atoms with Crippen molar-refractivity contribution in [2.75, 3.05) is 13.7 Å². The van der Waals surface area contributed by atoms with Gasteiger partial charge in [-0.25, -0.2) is 0 Å². The zero-order valence-electron chi connectivity index (χ0n) is 13.5. The first-order valence-corrected chi connectivity index (χ1v) is 7.62. The maximum atomic E-state index is 12.1. The molecule has 0 atom stereocenters. The fourth-order valence-corrected chi connectivity index (χ4v) is 2.14. The van der Waals surface area contributed by atoms with Crippen LogP contribution in [-0.4, -0.2) is 30.7 Å². The summed E-state index contributed by atoms with van der Waals surface area (Å²) in [7, 11) is 1.76. The third-order valence-electron chi connectivity index (χ3n) is 3.66. The van der Waals surface area contributed by atoms with E-state index in [-0.39, 0.29) is 12.5 Å². The Kier molecular flexibility index (Phi) is 5.92. The zero-order valence-corrected chi connectivity index (χ0v) is 13.5. The largest absolute Gasteiger partial charge is 0.484 e. The number of rotatable bonds is 7. The number of likely N-dealkylation sites (N-methyl/N-ethyl adjacent to an activating group) is 1. The van der Waals surface area contributed by atoms with Gasteiger partial charge in [-0.15, -0.1) is 0 Å². The van der Waals surface area contributed by atoms with Gasteiger partial charge < -0.3 is 9.64 Å². The van der Waals surface area contributed by atoms with Crippen molar-refractivity contribution in [2.24, 2.45) is 0 Å². The second kappa shape index (κ2) is 8.13. The molecule has 2 rings (SSSR count). The van der Waals surface area contributed by atoms with E-state index >= 15 is 0 Å². The van der Waals surface area contributed by atoms with Gasteiger partial charge in [-0.2, -0.15) is 0 Å². The Hall–Kier alpha value is -2.62.